The van der Waals surface area contributed by atoms with Gasteiger partial charge in [-0.2, -0.15) is 0 Å². The first-order valence-electron chi connectivity index (χ1n) is 4.45. The quantitative estimate of drug-likeness (QED) is 0.490. The van der Waals surface area contributed by atoms with Crippen LogP contribution in [0.3, 0.4) is 0 Å². The van der Waals surface area contributed by atoms with E-state index >= 15 is 0 Å². The molecule has 1 unspecified atom stereocenters. The smallest absolute Gasteiger partial charge is 0.404 e. The van der Waals surface area contributed by atoms with E-state index in [0.29, 0.717) is 13.0 Å². The summed E-state index contributed by atoms with van der Waals surface area (Å²) in [5, 5.41) is 2.58. The zero-order chi connectivity index (χ0) is 11.0. The van der Waals surface area contributed by atoms with Gasteiger partial charge in [0.05, 0.1) is 6.54 Å². The molecule has 2 amide bonds. The molecular weight excluding hydrogens is 186 g/mol. The van der Waals surface area contributed by atoms with Crippen molar-refractivity contribution in [2.24, 2.45) is 17.4 Å². The van der Waals surface area contributed by atoms with Gasteiger partial charge in [-0.15, -0.1) is 0 Å². The van der Waals surface area contributed by atoms with Crippen molar-refractivity contribution in [3.8, 4) is 0 Å². The molecule has 0 saturated heterocycles. The molecule has 0 saturated carbocycles. The molecule has 0 aliphatic rings. The Kier molecular flexibility index (Phi) is 6.47. The molecule has 5 N–H and O–H groups in total. The topological polar surface area (TPSA) is 107 Å². The van der Waals surface area contributed by atoms with Crippen LogP contribution >= 0.6 is 0 Å². The molecule has 0 rings (SSSR count). The number of ether oxygens (including phenoxy) is 1. The lowest BCUT2D eigenvalue weighted by atomic mass is 10.1. The van der Waals surface area contributed by atoms with Crippen LogP contribution < -0.4 is 16.8 Å². The third-order valence-corrected chi connectivity index (χ3v) is 1.60. The average Bonchev–Trinajstić information content (AvgIpc) is 2.12. The largest absolute Gasteiger partial charge is 0.448 e. The number of carbonyl (C=O) groups excluding carboxylic acids is 2. The summed E-state index contributed by atoms with van der Waals surface area (Å²) >= 11 is 0. The number of hydrogen-bond acceptors (Lipinski definition) is 4. The first kappa shape index (κ1) is 12.7. The second-order valence-corrected chi connectivity index (χ2v) is 3.06. The van der Waals surface area contributed by atoms with Crippen molar-refractivity contribution in [3.63, 3.8) is 0 Å². The third-order valence-electron chi connectivity index (χ3n) is 1.60. The van der Waals surface area contributed by atoms with Crippen LogP contribution in [0.2, 0.25) is 0 Å². The minimum atomic E-state index is -0.838. The van der Waals surface area contributed by atoms with E-state index in [1.165, 1.54) is 0 Å². The molecule has 0 heterocycles. The molecule has 0 fully saturated rings. The van der Waals surface area contributed by atoms with Crippen LogP contribution in [-0.2, 0) is 9.53 Å². The summed E-state index contributed by atoms with van der Waals surface area (Å²) in [7, 11) is 0. The van der Waals surface area contributed by atoms with E-state index in [-0.39, 0.29) is 25.0 Å². The summed E-state index contributed by atoms with van der Waals surface area (Å²) in [6, 6.07) is 0. The molecule has 0 bridgehead atoms. The Morgan fingerprint density at radius 2 is 2.14 bits per heavy atom. The van der Waals surface area contributed by atoms with Crippen molar-refractivity contribution in [1.29, 1.82) is 0 Å². The van der Waals surface area contributed by atoms with Crippen LogP contribution in [-0.4, -0.2) is 31.7 Å². The Hall–Kier alpha value is -1.30. The highest BCUT2D eigenvalue weighted by atomic mass is 16.5. The highest BCUT2D eigenvalue weighted by Gasteiger charge is 2.06. The van der Waals surface area contributed by atoms with E-state index in [0.717, 1.165) is 0 Å². The molecule has 82 valence electrons. The van der Waals surface area contributed by atoms with Crippen LogP contribution in [0, 0.1) is 5.92 Å². The Bertz CT molecular complexity index is 196. The monoisotopic (exact) mass is 203 g/mol. The van der Waals surface area contributed by atoms with Gasteiger partial charge >= 0.3 is 6.09 Å². The zero-order valence-corrected chi connectivity index (χ0v) is 8.29. The summed E-state index contributed by atoms with van der Waals surface area (Å²) in [5.74, 6) is 0.0584. The molecule has 0 spiro atoms. The fourth-order valence-corrected chi connectivity index (χ4v) is 0.814. The fourth-order valence-electron chi connectivity index (χ4n) is 0.814. The maximum absolute atomic E-state index is 11.1. The van der Waals surface area contributed by atoms with Crippen LogP contribution in [0.25, 0.3) is 0 Å². The van der Waals surface area contributed by atoms with Gasteiger partial charge in [0, 0.05) is 6.42 Å². The average molecular weight is 203 g/mol. The highest BCUT2D eigenvalue weighted by Crippen LogP contribution is 1.97. The molecular formula is C8H17N3O3. The maximum Gasteiger partial charge on any atom is 0.404 e. The van der Waals surface area contributed by atoms with Crippen molar-refractivity contribution in [3.05, 3.63) is 0 Å². The normalized spacial score (nSPS) is 11.9. The number of nitrogens with two attached hydrogens (primary N) is 2. The molecule has 0 aromatic carbocycles. The van der Waals surface area contributed by atoms with E-state index in [1.54, 1.807) is 0 Å². The third kappa shape index (κ3) is 7.35. The van der Waals surface area contributed by atoms with E-state index in [4.69, 9.17) is 11.5 Å². The zero-order valence-electron chi connectivity index (χ0n) is 8.29. The number of primary amides is 1. The van der Waals surface area contributed by atoms with E-state index in [2.05, 4.69) is 10.1 Å². The summed E-state index contributed by atoms with van der Waals surface area (Å²) in [6.07, 6.45) is -0.456. The number of carbonyl (C=O) groups is 2. The standard InChI is InChI=1S/C8H17N3O3/c1-6(5-9)4-7(12)11-2-3-14-8(10)13/h6H,2-5,9H2,1H3,(H2,10,13)(H,11,12). The number of nitrogens with one attached hydrogen (secondary N) is 1. The molecule has 6 nitrogen and oxygen atoms in total. The van der Waals surface area contributed by atoms with Gasteiger partial charge in [0.2, 0.25) is 5.91 Å². The molecule has 0 aromatic heterocycles. The first-order chi connectivity index (χ1) is 6.56. The van der Waals surface area contributed by atoms with Crippen molar-refractivity contribution >= 4 is 12.0 Å². The lowest BCUT2D eigenvalue weighted by molar-refractivity contribution is -0.122. The van der Waals surface area contributed by atoms with Crippen LogP contribution in [0.1, 0.15) is 13.3 Å². The molecule has 1 atom stereocenters. The molecule has 6 heteroatoms. The predicted molar refractivity (Wildman–Crippen MR) is 51.4 cm³/mol. The summed E-state index contributed by atoms with van der Waals surface area (Å²) in [6.45, 7) is 2.74. The van der Waals surface area contributed by atoms with Crippen molar-refractivity contribution < 1.29 is 14.3 Å². The van der Waals surface area contributed by atoms with Gasteiger partial charge in [-0.05, 0) is 12.5 Å². The van der Waals surface area contributed by atoms with Gasteiger partial charge in [-0.25, -0.2) is 4.79 Å². The van der Waals surface area contributed by atoms with Gasteiger partial charge < -0.3 is 21.5 Å². The summed E-state index contributed by atoms with van der Waals surface area (Å²) in [4.78, 5) is 21.3. The van der Waals surface area contributed by atoms with Crippen LogP contribution in [0.5, 0.6) is 0 Å². The lowest BCUT2D eigenvalue weighted by Crippen LogP contribution is -2.31. The van der Waals surface area contributed by atoms with E-state index in [9.17, 15) is 9.59 Å². The molecule has 0 radical (unpaired) electrons. The van der Waals surface area contributed by atoms with Gasteiger partial charge in [-0.1, -0.05) is 6.92 Å². The van der Waals surface area contributed by atoms with Gasteiger partial charge in [0.15, 0.2) is 0 Å². The number of hydrogen-bond donors (Lipinski definition) is 3. The van der Waals surface area contributed by atoms with E-state index in [1.807, 2.05) is 6.92 Å². The Balaban J connectivity index is 3.40. The molecule has 0 aliphatic heterocycles. The lowest BCUT2D eigenvalue weighted by Gasteiger charge is -2.08. The summed E-state index contributed by atoms with van der Waals surface area (Å²) in [5.41, 5.74) is 10.1. The minimum absolute atomic E-state index is 0.0953. The van der Waals surface area contributed by atoms with Crippen molar-refractivity contribution in [2.75, 3.05) is 19.7 Å². The first-order valence-corrected chi connectivity index (χ1v) is 4.45. The Morgan fingerprint density at radius 1 is 1.50 bits per heavy atom. The maximum atomic E-state index is 11.1. The molecule has 0 aromatic rings. The van der Waals surface area contributed by atoms with Crippen molar-refractivity contribution in [1.82, 2.24) is 5.32 Å². The van der Waals surface area contributed by atoms with Crippen LogP contribution in [0.15, 0.2) is 0 Å². The van der Waals surface area contributed by atoms with Gasteiger partial charge in [0.25, 0.3) is 0 Å². The minimum Gasteiger partial charge on any atom is -0.448 e. The second kappa shape index (κ2) is 7.14. The summed E-state index contributed by atoms with van der Waals surface area (Å²) < 4.78 is 4.42. The van der Waals surface area contributed by atoms with E-state index < -0.39 is 6.09 Å². The molecule has 14 heavy (non-hydrogen) atoms. The number of amides is 2. The molecule has 0 aliphatic carbocycles. The fraction of sp³-hybridized carbons (Fsp3) is 0.750. The SMILES string of the molecule is CC(CN)CC(=O)NCCOC(N)=O. The Morgan fingerprint density at radius 3 is 2.64 bits per heavy atom. The predicted octanol–water partition coefficient (Wildman–Crippen LogP) is -0.817. The van der Waals surface area contributed by atoms with Crippen LogP contribution in [0.4, 0.5) is 4.79 Å². The highest BCUT2D eigenvalue weighted by molar-refractivity contribution is 5.76. The second-order valence-electron chi connectivity index (χ2n) is 3.06. The van der Waals surface area contributed by atoms with Gasteiger partial charge in [-0.3, -0.25) is 4.79 Å². The number of rotatable bonds is 6. The van der Waals surface area contributed by atoms with Crippen molar-refractivity contribution in [2.45, 2.75) is 13.3 Å². The van der Waals surface area contributed by atoms with Gasteiger partial charge in [0.1, 0.15) is 6.61 Å². The Labute approximate surface area is 83.0 Å².